The zero-order chi connectivity index (χ0) is 9.68. The van der Waals surface area contributed by atoms with Gasteiger partial charge in [0.1, 0.15) is 0 Å². The third-order valence-corrected chi connectivity index (χ3v) is 3.29. The summed E-state index contributed by atoms with van der Waals surface area (Å²) in [7, 11) is 0. The molecule has 1 saturated carbocycles. The Kier molecular flexibility index (Phi) is 4.32. The Morgan fingerprint density at radius 1 is 1.38 bits per heavy atom. The van der Waals surface area contributed by atoms with E-state index in [-0.39, 0.29) is 6.04 Å². The molecule has 0 heterocycles. The van der Waals surface area contributed by atoms with Crippen LogP contribution >= 0.6 is 0 Å². The fourth-order valence-corrected chi connectivity index (χ4v) is 2.38. The Morgan fingerprint density at radius 3 is 2.46 bits per heavy atom. The summed E-state index contributed by atoms with van der Waals surface area (Å²) >= 11 is 0. The SMILES string of the molecule is C#CC(N)C1CCC(CCC)CC1. The van der Waals surface area contributed by atoms with Gasteiger partial charge in [0.05, 0.1) is 6.04 Å². The van der Waals surface area contributed by atoms with Crippen LogP contribution in [-0.2, 0) is 0 Å². The van der Waals surface area contributed by atoms with E-state index in [1.54, 1.807) is 0 Å². The molecule has 0 aromatic rings. The molecule has 0 spiro atoms. The second-order valence-electron chi connectivity index (χ2n) is 4.26. The molecule has 0 aliphatic heterocycles. The molecule has 1 fully saturated rings. The molecule has 0 aromatic carbocycles. The van der Waals surface area contributed by atoms with Crippen molar-refractivity contribution in [2.45, 2.75) is 51.5 Å². The lowest BCUT2D eigenvalue weighted by atomic mass is 9.77. The third kappa shape index (κ3) is 3.04. The van der Waals surface area contributed by atoms with E-state index in [1.165, 1.54) is 38.5 Å². The molecule has 0 bridgehead atoms. The van der Waals surface area contributed by atoms with Crippen LogP contribution in [-0.4, -0.2) is 6.04 Å². The monoisotopic (exact) mass is 179 g/mol. The van der Waals surface area contributed by atoms with Gasteiger partial charge in [-0.3, -0.25) is 0 Å². The van der Waals surface area contributed by atoms with E-state index in [0.29, 0.717) is 5.92 Å². The number of hydrogen-bond acceptors (Lipinski definition) is 1. The summed E-state index contributed by atoms with van der Waals surface area (Å²) in [5, 5.41) is 0. The minimum absolute atomic E-state index is 0.00239. The van der Waals surface area contributed by atoms with Crippen LogP contribution in [0.3, 0.4) is 0 Å². The fraction of sp³-hybridized carbons (Fsp3) is 0.833. The van der Waals surface area contributed by atoms with Crippen molar-refractivity contribution in [1.82, 2.24) is 0 Å². The van der Waals surface area contributed by atoms with Crippen LogP contribution in [0, 0.1) is 24.2 Å². The quantitative estimate of drug-likeness (QED) is 0.662. The second-order valence-corrected chi connectivity index (χ2v) is 4.26. The smallest absolute Gasteiger partial charge is 0.0690 e. The average molecular weight is 179 g/mol. The van der Waals surface area contributed by atoms with Crippen molar-refractivity contribution in [2.75, 3.05) is 0 Å². The molecule has 1 aliphatic rings. The van der Waals surface area contributed by atoms with Gasteiger partial charge in [0.15, 0.2) is 0 Å². The molecule has 0 aromatic heterocycles. The van der Waals surface area contributed by atoms with E-state index in [1.807, 2.05) is 0 Å². The summed E-state index contributed by atoms with van der Waals surface area (Å²) in [6, 6.07) is 0.00239. The third-order valence-electron chi connectivity index (χ3n) is 3.29. The van der Waals surface area contributed by atoms with Crippen molar-refractivity contribution in [3.05, 3.63) is 0 Å². The van der Waals surface area contributed by atoms with E-state index >= 15 is 0 Å². The topological polar surface area (TPSA) is 26.0 Å². The molecule has 0 saturated heterocycles. The number of terminal acetylenes is 1. The average Bonchev–Trinajstić information content (AvgIpc) is 2.18. The van der Waals surface area contributed by atoms with Gasteiger partial charge in [0, 0.05) is 0 Å². The molecule has 1 atom stereocenters. The molecule has 1 aliphatic carbocycles. The first-order valence-corrected chi connectivity index (χ1v) is 5.49. The maximum absolute atomic E-state index is 5.83. The van der Waals surface area contributed by atoms with E-state index in [2.05, 4.69) is 12.8 Å². The first-order valence-electron chi connectivity index (χ1n) is 5.49. The Balaban J connectivity index is 2.27. The zero-order valence-electron chi connectivity index (χ0n) is 8.63. The number of rotatable bonds is 3. The Morgan fingerprint density at radius 2 is 2.00 bits per heavy atom. The van der Waals surface area contributed by atoms with Gasteiger partial charge in [-0.25, -0.2) is 0 Å². The van der Waals surface area contributed by atoms with Crippen molar-refractivity contribution in [3.63, 3.8) is 0 Å². The van der Waals surface area contributed by atoms with Gasteiger partial charge in [0.2, 0.25) is 0 Å². The highest BCUT2D eigenvalue weighted by molar-refractivity contribution is 5.01. The lowest BCUT2D eigenvalue weighted by molar-refractivity contribution is 0.251. The van der Waals surface area contributed by atoms with Crippen LogP contribution in [0.5, 0.6) is 0 Å². The Labute approximate surface area is 82.1 Å². The summed E-state index contributed by atoms with van der Waals surface area (Å²) in [6.07, 6.45) is 13.2. The molecule has 1 unspecified atom stereocenters. The standard InChI is InChI=1S/C12H21N/c1-3-5-10-6-8-11(9-7-10)12(13)4-2/h2,10-12H,3,5-9,13H2,1H3. The number of hydrogen-bond donors (Lipinski definition) is 1. The van der Waals surface area contributed by atoms with E-state index < -0.39 is 0 Å². The van der Waals surface area contributed by atoms with E-state index in [4.69, 9.17) is 12.2 Å². The van der Waals surface area contributed by atoms with Gasteiger partial charge in [-0.15, -0.1) is 6.42 Å². The van der Waals surface area contributed by atoms with Gasteiger partial charge >= 0.3 is 0 Å². The lowest BCUT2D eigenvalue weighted by Gasteiger charge is -2.29. The van der Waals surface area contributed by atoms with Gasteiger partial charge in [-0.05, 0) is 24.7 Å². The van der Waals surface area contributed by atoms with Crippen LogP contribution in [0.2, 0.25) is 0 Å². The fourth-order valence-electron chi connectivity index (χ4n) is 2.38. The van der Waals surface area contributed by atoms with Crippen molar-refractivity contribution >= 4 is 0 Å². The van der Waals surface area contributed by atoms with Crippen LogP contribution in [0.4, 0.5) is 0 Å². The second kappa shape index (κ2) is 5.29. The van der Waals surface area contributed by atoms with Gasteiger partial charge in [-0.1, -0.05) is 38.5 Å². The maximum Gasteiger partial charge on any atom is 0.0690 e. The van der Waals surface area contributed by atoms with Crippen LogP contribution < -0.4 is 5.73 Å². The van der Waals surface area contributed by atoms with Gasteiger partial charge in [-0.2, -0.15) is 0 Å². The largest absolute Gasteiger partial charge is 0.317 e. The first-order chi connectivity index (χ1) is 6.27. The molecular formula is C12H21N. The summed E-state index contributed by atoms with van der Waals surface area (Å²) in [5.74, 6) is 4.20. The Bertz CT molecular complexity index is 172. The van der Waals surface area contributed by atoms with Crippen LogP contribution in [0.25, 0.3) is 0 Å². The Hall–Kier alpha value is -0.480. The van der Waals surface area contributed by atoms with E-state index in [0.717, 1.165) is 5.92 Å². The molecular weight excluding hydrogens is 158 g/mol. The summed E-state index contributed by atoms with van der Waals surface area (Å²) in [6.45, 7) is 2.26. The molecule has 0 radical (unpaired) electrons. The van der Waals surface area contributed by atoms with Crippen LogP contribution in [0.1, 0.15) is 45.4 Å². The summed E-state index contributed by atoms with van der Waals surface area (Å²) in [5.41, 5.74) is 5.83. The minimum atomic E-state index is 0.00239. The van der Waals surface area contributed by atoms with Crippen LogP contribution in [0.15, 0.2) is 0 Å². The molecule has 1 heteroatoms. The molecule has 74 valence electrons. The van der Waals surface area contributed by atoms with Gasteiger partial charge < -0.3 is 5.73 Å². The summed E-state index contributed by atoms with van der Waals surface area (Å²) < 4.78 is 0. The first kappa shape index (κ1) is 10.6. The molecule has 1 rings (SSSR count). The normalized spacial score (nSPS) is 30.8. The molecule has 2 N–H and O–H groups in total. The van der Waals surface area contributed by atoms with Crippen molar-refractivity contribution in [2.24, 2.45) is 17.6 Å². The predicted molar refractivity (Wildman–Crippen MR) is 57.2 cm³/mol. The zero-order valence-corrected chi connectivity index (χ0v) is 8.63. The maximum atomic E-state index is 5.83. The highest BCUT2D eigenvalue weighted by Gasteiger charge is 2.23. The van der Waals surface area contributed by atoms with Crippen molar-refractivity contribution in [1.29, 1.82) is 0 Å². The van der Waals surface area contributed by atoms with Gasteiger partial charge in [0.25, 0.3) is 0 Å². The van der Waals surface area contributed by atoms with E-state index in [9.17, 15) is 0 Å². The lowest BCUT2D eigenvalue weighted by Crippen LogP contribution is -2.31. The molecule has 1 nitrogen and oxygen atoms in total. The predicted octanol–water partition coefficient (Wildman–Crippen LogP) is 2.55. The molecule has 13 heavy (non-hydrogen) atoms. The highest BCUT2D eigenvalue weighted by Crippen LogP contribution is 2.32. The van der Waals surface area contributed by atoms with Crippen molar-refractivity contribution < 1.29 is 0 Å². The highest BCUT2D eigenvalue weighted by atomic mass is 14.6. The summed E-state index contributed by atoms with van der Waals surface area (Å²) in [4.78, 5) is 0. The number of nitrogens with two attached hydrogens (primary N) is 1. The van der Waals surface area contributed by atoms with Crippen molar-refractivity contribution in [3.8, 4) is 12.3 Å². The molecule has 0 amide bonds. The minimum Gasteiger partial charge on any atom is -0.317 e.